The van der Waals surface area contributed by atoms with Gasteiger partial charge in [-0.25, -0.2) is 0 Å². The lowest BCUT2D eigenvalue weighted by Crippen LogP contribution is -2.39. The molecule has 0 fully saturated rings. The van der Waals surface area contributed by atoms with Gasteiger partial charge in [-0.3, -0.25) is 9.48 Å². The van der Waals surface area contributed by atoms with E-state index in [-0.39, 0.29) is 11.9 Å². The second-order valence-corrected chi connectivity index (χ2v) is 6.52. The molecule has 3 aromatic rings. The van der Waals surface area contributed by atoms with Crippen LogP contribution in [0.1, 0.15) is 45.9 Å². The number of hydrogen-bond donors (Lipinski definition) is 0. The average molecular weight is 336 g/mol. The van der Waals surface area contributed by atoms with Gasteiger partial charge < -0.3 is 9.42 Å². The van der Waals surface area contributed by atoms with E-state index in [1.807, 2.05) is 30.2 Å². The average Bonchev–Trinajstić information content (AvgIpc) is 3.24. The van der Waals surface area contributed by atoms with Crippen molar-refractivity contribution in [3.63, 3.8) is 0 Å². The first-order chi connectivity index (χ1) is 12.1. The maximum atomic E-state index is 12.9. The third-order valence-corrected chi connectivity index (χ3v) is 4.71. The number of fused-ring (bicyclic) bond motifs is 1. The molecule has 0 aliphatic carbocycles. The van der Waals surface area contributed by atoms with Crippen LogP contribution in [0.4, 0.5) is 0 Å². The fraction of sp³-hybridized carbons (Fsp3) is 0.316. The van der Waals surface area contributed by atoms with Crippen LogP contribution in [0.5, 0.6) is 0 Å². The lowest BCUT2D eigenvalue weighted by atomic mass is 9.93. The molecule has 4 rings (SSSR count). The quantitative estimate of drug-likeness (QED) is 0.737. The zero-order valence-electron chi connectivity index (χ0n) is 14.3. The first-order valence-corrected chi connectivity index (χ1v) is 8.45. The van der Waals surface area contributed by atoms with Crippen molar-refractivity contribution in [1.29, 1.82) is 0 Å². The molecule has 3 heterocycles. The van der Waals surface area contributed by atoms with E-state index in [9.17, 15) is 4.79 Å². The Hall–Kier alpha value is -2.89. The number of carbonyl (C=O) groups excluding carboxylic acids is 1. The molecule has 1 aromatic carbocycles. The van der Waals surface area contributed by atoms with E-state index in [0.29, 0.717) is 24.5 Å². The van der Waals surface area contributed by atoms with Gasteiger partial charge in [-0.1, -0.05) is 29.4 Å². The van der Waals surface area contributed by atoms with Gasteiger partial charge in [0.1, 0.15) is 6.54 Å². The summed E-state index contributed by atoms with van der Waals surface area (Å²) in [6.45, 7) is 5.20. The smallest absolute Gasteiger partial charge is 0.276 e. The van der Waals surface area contributed by atoms with Crippen molar-refractivity contribution in [3.05, 3.63) is 70.9 Å². The zero-order valence-corrected chi connectivity index (χ0v) is 14.3. The lowest BCUT2D eigenvalue weighted by Gasteiger charge is -2.34. The van der Waals surface area contributed by atoms with Gasteiger partial charge in [-0.15, -0.1) is 0 Å². The molecule has 0 spiro atoms. The van der Waals surface area contributed by atoms with E-state index >= 15 is 0 Å². The first-order valence-electron chi connectivity index (χ1n) is 8.45. The molecule has 0 saturated carbocycles. The minimum Gasteiger partial charge on any atom is -0.359 e. The molecule has 6 heteroatoms. The Morgan fingerprint density at radius 2 is 2.20 bits per heavy atom. The highest BCUT2D eigenvalue weighted by atomic mass is 16.5. The van der Waals surface area contributed by atoms with Gasteiger partial charge in [0.25, 0.3) is 5.91 Å². The van der Waals surface area contributed by atoms with Gasteiger partial charge >= 0.3 is 0 Å². The van der Waals surface area contributed by atoms with Crippen molar-refractivity contribution in [2.75, 3.05) is 6.54 Å². The molecule has 6 nitrogen and oxygen atoms in total. The Labute approximate surface area is 146 Å². The Bertz CT molecular complexity index is 912. The molecule has 1 aliphatic rings. The molecule has 2 aromatic heterocycles. The van der Waals surface area contributed by atoms with Crippen LogP contribution in [0.3, 0.4) is 0 Å². The van der Waals surface area contributed by atoms with Crippen molar-refractivity contribution in [1.82, 2.24) is 19.8 Å². The zero-order chi connectivity index (χ0) is 17.4. The number of aryl methyl sites for hydroxylation is 1. The van der Waals surface area contributed by atoms with E-state index in [2.05, 4.69) is 29.3 Å². The van der Waals surface area contributed by atoms with Crippen molar-refractivity contribution in [2.24, 2.45) is 0 Å². The van der Waals surface area contributed by atoms with Crippen molar-refractivity contribution in [2.45, 2.75) is 32.9 Å². The number of hydrogen-bond acceptors (Lipinski definition) is 4. The molecular weight excluding hydrogens is 316 g/mol. The van der Waals surface area contributed by atoms with E-state index in [1.54, 1.807) is 16.9 Å². The monoisotopic (exact) mass is 336 g/mol. The summed E-state index contributed by atoms with van der Waals surface area (Å²) in [5, 5.41) is 8.20. The second-order valence-electron chi connectivity index (χ2n) is 6.52. The number of carbonyl (C=O) groups is 1. The van der Waals surface area contributed by atoms with Gasteiger partial charge in [0.2, 0.25) is 0 Å². The van der Waals surface area contributed by atoms with Crippen LogP contribution in [-0.2, 0) is 13.0 Å². The van der Waals surface area contributed by atoms with Crippen LogP contribution in [-0.4, -0.2) is 32.3 Å². The third kappa shape index (κ3) is 2.95. The number of nitrogens with zero attached hydrogens (tertiary/aromatic N) is 4. The van der Waals surface area contributed by atoms with Gasteiger partial charge in [-0.2, -0.15) is 5.10 Å². The van der Waals surface area contributed by atoms with Crippen molar-refractivity contribution >= 4 is 5.91 Å². The summed E-state index contributed by atoms with van der Waals surface area (Å²) < 4.78 is 7.10. The lowest BCUT2D eigenvalue weighted by molar-refractivity contribution is 0.0667. The molecule has 1 amide bonds. The number of amides is 1. The topological polar surface area (TPSA) is 64.2 Å². The highest BCUT2D eigenvalue weighted by Gasteiger charge is 2.29. The van der Waals surface area contributed by atoms with Crippen LogP contribution in [0.15, 0.2) is 47.2 Å². The second kappa shape index (κ2) is 6.20. The minimum atomic E-state index is -0.0892. The Balaban J connectivity index is 1.52. The van der Waals surface area contributed by atoms with Gasteiger partial charge in [-0.05, 0) is 37.0 Å². The molecule has 25 heavy (non-hydrogen) atoms. The summed E-state index contributed by atoms with van der Waals surface area (Å²) in [6.07, 6.45) is 4.58. The van der Waals surface area contributed by atoms with E-state index < -0.39 is 0 Å². The van der Waals surface area contributed by atoms with E-state index in [1.165, 1.54) is 11.1 Å². The third-order valence-electron chi connectivity index (χ3n) is 4.71. The predicted molar refractivity (Wildman–Crippen MR) is 92.2 cm³/mol. The van der Waals surface area contributed by atoms with Crippen LogP contribution in [0, 0.1) is 6.92 Å². The fourth-order valence-corrected chi connectivity index (χ4v) is 3.40. The SMILES string of the molecule is Cc1cnn(Cc2cc(C(=O)N3CCc4ccccc4[C@H]3C)no2)c1. The molecule has 0 bridgehead atoms. The maximum Gasteiger partial charge on any atom is 0.276 e. The number of benzene rings is 1. The molecule has 0 N–H and O–H groups in total. The summed E-state index contributed by atoms with van der Waals surface area (Å²) in [6, 6.07) is 10.0. The van der Waals surface area contributed by atoms with E-state index in [4.69, 9.17) is 4.52 Å². The largest absolute Gasteiger partial charge is 0.359 e. The summed E-state index contributed by atoms with van der Waals surface area (Å²) in [7, 11) is 0. The molecule has 0 radical (unpaired) electrons. The maximum absolute atomic E-state index is 12.9. The highest BCUT2D eigenvalue weighted by molar-refractivity contribution is 5.92. The Morgan fingerprint density at radius 1 is 1.36 bits per heavy atom. The molecule has 0 unspecified atom stereocenters. The van der Waals surface area contributed by atoms with E-state index in [0.717, 1.165) is 12.0 Å². The molecule has 1 aliphatic heterocycles. The summed E-state index contributed by atoms with van der Waals surface area (Å²) in [5.74, 6) is 0.533. The summed E-state index contributed by atoms with van der Waals surface area (Å²) >= 11 is 0. The summed E-state index contributed by atoms with van der Waals surface area (Å²) in [5.41, 5.74) is 3.95. The standard InChI is InChI=1S/C19H20N4O2/c1-13-10-20-22(11-13)12-16-9-18(21-25-16)19(24)23-8-7-15-5-3-4-6-17(15)14(23)2/h3-6,9-11,14H,7-8,12H2,1-2H3/t14-/m1/s1. The van der Waals surface area contributed by atoms with Crippen LogP contribution >= 0.6 is 0 Å². The number of rotatable bonds is 3. The van der Waals surface area contributed by atoms with Crippen LogP contribution in [0.2, 0.25) is 0 Å². The predicted octanol–water partition coefficient (Wildman–Crippen LogP) is 2.99. The van der Waals surface area contributed by atoms with Crippen molar-refractivity contribution in [3.8, 4) is 0 Å². The molecule has 128 valence electrons. The molecular formula is C19H20N4O2. The van der Waals surface area contributed by atoms with Gasteiger partial charge in [0, 0.05) is 18.8 Å². The molecule has 0 saturated heterocycles. The highest BCUT2D eigenvalue weighted by Crippen LogP contribution is 2.30. The Kier molecular flexibility index (Phi) is 3.87. The van der Waals surface area contributed by atoms with Crippen molar-refractivity contribution < 1.29 is 9.32 Å². The number of aromatic nitrogens is 3. The molecule has 1 atom stereocenters. The Morgan fingerprint density at radius 3 is 3.00 bits per heavy atom. The van der Waals surface area contributed by atoms with Gasteiger partial charge in [0.05, 0.1) is 12.2 Å². The first kappa shape index (κ1) is 15.6. The summed E-state index contributed by atoms with van der Waals surface area (Å²) in [4.78, 5) is 14.7. The normalized spacial score (nSPS) is 16.7. The van der Waals surface area contributed by atoms with Crippen LogP contribution < -0.4 is 0 Å². The van der Waals surface area contributed by atoms with Crippen LogP contribution in [0.25, 0.3) is 0 Å². The fourth-order valence-electron chi connectivity index (χ4n) is 3.40. The van der Waals surface area contributed by atoms with Gasteiger partial charge in [0.15, 0.2) is 11.5 Å². The minimum absolute atomic E-state index is 0.0337.